The van der Waals surface area contributed by atoms with Gasteiger partial charge in [-0.1, -0.05) is 6.07 Å². The van der Waals surface area contributed by atoms with Crippen molar-refractivity contribution in [3.8, 4) is 0 Å². The van der Waals surface area contributed by atoms with Gasteiger partial charge in [-0.25, -0.2) is 9.37 Å². The second-order valence-electron chi connectivity index (χ2n) is 7.91. The van der Waals surface area contributed by atoms with Crippen LogP contribution in [-0.4, -0.2) is 62.1 Å². The van der Waals surface area contributed by atoms with Gasteiger partial charge in [0.05, 0.1) is 12.5 Å². The van der Waals surface area contributed by atoms with Crippen LogP contribution in [0.4, 0.5) is 15.9 Å². The van der Waals surface area contributed by atoms with Crippen LogP contribution in [0.2, 0.25) is 0 Å². The number of hydrogen-bond acceptors (Lipinski definition) is 5. The number of amides is 1. The number of carbonyl (C=O) groups excluding carboxylic acids is 1. The van der Waals surface area contributed by atoms with Crippen LogP contribution in [0.5, 0.6) is 0 Å². The van der Waals surface area contributed by atoms with E-state index in [1.165, 1.54) is 12.1 Å². The first-order chi connectivity index (χ1) is 14.1. The Morgan fingerprint density at radius 1 is 1.17 bits per heavy atom. The van der Waals surface area contributed by atoms with Gasteiger partial charge in [-0.2, -0.15) is 0 Å². The number of benzene rings is 1. The number of anilines is 2. The highest BCUT2D eigenvalue weighted by Gasteiger charge is 2.28. The standard InChI is InChI=1S/C22H28FN5O/c1-26-10-12-27(13-11-26)21-7-2-17(14-25-21)16-28(20-5-3-19(23)4-6-20)22(29)18-8-9-24-15-18/h2-7,14,18,24H,8-13,15-16H2,1H3/t18-/m1/s1. The van der Waals surface area contributed by atoms with Crippen LogP contribution in [0.3, 0.4) is 0 Å². The molecular weight excluding hydrogens is 369 g/mol. The van der Waals surface area contributed by atoms with Crippen molar-refractivity contribution in [2.24, 2.45) is 5.92 Å². The zero-order chi connectivity index (χ0) is 20.2. The predicted molar refractivity (Wildman–Crippen MR) is 113 cm³/mol. The summed E-state index contributed by atoms with van der Waals surface area (Å²) in [6.07, 6.45) is 2.68. The number of rotatable bonds is 5. The number of aromatic nitrogens is 1. The highest BCUT2D eigenvalue weighted by atomic mass is 19.1. The summed E-state index contributed by atoms with van der Waals surface area (Å²) in [6.45, 7) is 5.98. The smallest absolute Gasteiger partial charge is 0.231 e. The Balaban J connectivity index is 1.50. The van der Waals surface area contributed by atoms with E-state index in [2.05, 4.69) is 27.1 Å². The van der Waals surface area contributed by atoms with E-state index in [0.29, 0.717) is 18.8 Å². The Morgan fingerprint density at radius 3 is 2.55 bits per heavy atom. The lowest BCUT2D eigenvalue weighted by Gasteiger charge is -2.33. The molecule has 0 unspecified atom stereocenters. The summed E-state index contributed by atoms with van der Waals surface area (Å²) < 4.78 is 13.4. The Hall–Kier alpha value is -2.51. The molecule has 2 fully saturated rings. The maximum atomic E-state index is 13.4. The zero-order valence-electron chi connectivity index (χ0n) is 16.9. The molecule has 1 atom stereocenters. The van der Waals surface area contributed by atoms with Crippen molar-refractivity contribution in [3.05, 3.63) is 54.0 Å². The summed E-state index contributed by atoms with van der Waals surface area (Å²) in [5.74, 6) is 0.700. The topological polar surface area (TPSA) is 51.7 Å². The third-order valence-corrected chi connectivity index (χ3v) is 5.79. The van der Waals surface area contributed by atoms with Crippen LogP contribution in [0.1, 0.15) is 12.0 Å². The van der Waals surface area contributed by atoms with E-state index in [9.17, 15) is 9.18 Å². The van der Waals surface area contributed by atoms with Crippen LogP contribution in [0.15, 0.2) is 42.6 Å². The van der Waals surface area contributed by atoms with Crippen LogP contribution in [0.25, 0.3) is 0 Å². The number of nitrogens with zero attached hydrogens (tertiary/aromatic N) is 4. The number of likely N-dealkylation sites (N-methyl/N-ethyl adjacent to an activating group) is 1. The molecule has 29 heavy (non-hydrogen) atoms. The van der Waals surface area contributed by atoms with Crippen molar-refractivity contribution >= 4 is 17.4 Å². The van der Waals surface area contributed by atoms with Gasteiger partial charge in [0, 0.05) is 44.6 Å². The Labute approximate surface area is 171 Å². The van der Waals surface area contributed by atoms with Crippen molar-refractivity contribution in [2.75, 3.05) is 56.1 Å². The van der Waals surface area contributed by atoms with Crippen LogP contribution in [-0.2, 0) is 11.3 Å². The maximum absolute atomic E-state index is 13.4. The summed E-state index contributed by atoms with van der Waals surface area (Å²) in [5, 5.41) is 3.25. The summed E-state index contributed by atoms with van der Waals surface area (Å²) in [4.78, 5) is 24.1. The van der Waals surface area contributed by atoms with E-state index < -0.39 is 0 Å². The molecule has 7 heteroatoms. The number of hydrogen-bond donors (Lipinski definition) is 1. The molecule has 0 saturated carbocycles. The molecule has 0 aliphatic carbocycles. The van der Waals surface area contributed by atoms with E-state index in [1.54, 1.807) is 17.0 Å². The van der Waals surface area contributed by atoms with Gasteiger partial charge < -0.3 is 20.0 Å². The minimum Gasteiger partial charge on any atom is -0.354 e. The van der Waals surface area contributed by atoms with Crippen molar-refractivity contribution in [2.45, 2.75) is 13.0 Å². The van der Waals surface area contributed by atoms with Crippen molar-refractivity contribution < 1.29 is 9.18 Å². The molecule has 0 radical (unpaired) electrons. The highest BCUT2D eigenvalue weighted by Crippen LogP contribution is 2.23. The lowest BCUT2D eigenvalue weighted by Crippen LogP contribution is -2.44. The molecular formula is C22H28FN5O. The van der Waals surface area contributed by atoms with Gasteiger partial charge in [0.15, 0.2) is 0 Å². The molecule has 2 aromatic rings. The molecule has 3 heterocycles. The predicted octanol–water partition coefficient (Wildman–Crippen LogP) is 2.12. The summed E-state index contributed by atoms with van der Waals surface area (Å²) >= 11 is 0. The van der Waals surface area contributed by atoms with Crippen molar-refractivity contribution in [1.82, 2.24) is 15.2 Å². The normalized spacial score (nSPS) is 20.1. The molecule has 1 aromatic carbocycles. The molecule has 0 spiro atoms. The summed E-state index contributed by atoms with van der Waals surface area (Å²) in [5.41, 5.74) is 1.68. The third-order valence-electron chi connectivity index (χ3n) is 5.79. The molecule has 154 valence electrons. The van der Waals surface area contributed by atoms with Crippen LogP contribution in [0, 0.1) is 11.7 Å². The van der Waals surface area contributed by atoms with Gasteiger partial charge in [0.2, 0.25) is 5.91 Å². The van der Waals surface area contributed by atoms with Crippen LogP contribution >= 0.6 is 0 Å². The van der Waals surface area contributed by atoms with E-state index in [0.717, 1.165) is 50.5 Å². The fourth-order valence-corrected chi connectivity index (χ4v) is 3.92. The fraction of sp³-hybridized carbons (Fsp3) is 0.455. The van der Waals surface area contributed by atoms with Gasteiger partial charge in [-0.3, -0.25) is 4.79 Å². The fourth-order valence-electron chi connectivity index (χ4n) is 3.92. The Bertz CT molecular complexity index is 812. The molecule has 2 saturated heterocycles. The number of carbonyl (C=O) groups is 1. The molecule has 1 N–H and O–H groups in total. The monoisotopic (exact) mass is 397 g/mol. The first-order valence-electron chi connectivity index (χ1n) is 10.3. The lowest BCUT2D eigenvalue weighted by molar-refractivity contribution is -0.122. The highest BCUT2D eigenvalue weighted by molar-refractivity contribution is 5.95. The molecule has 1 amide bonds. The average Bonchev–Trinajstić information content (AvgIpc) is 3.28. The summed E-state index contributed by atoms with van der Waals surface area (Å²) in [6, 6.07) is 10.2. The third kappa shape index (κ3) is 4.74. The van der Waals surface area contributed by atoms with E-state index >= 15 is 0 Å². The van der Waals surface area contributed by atoms with Gasteiger partial charge in [-0.05, 0) is 55.9 Å². The number of nitrogens with one attached hydrogen (secondary N) is 1. The minimum atomic E-state index is -0.304. The quantitative estimate of drug-likeness (QED) is 0.838. The van der Waals surface area contributed by atoms with E-state index in [1.807, 2.05) is 18.3 Å². The number of halogens is 1. The van der Waals surface area contributed by atoms with Crippen molar-refractivity contribution in [3.63, 3.8) is 0 Å². The lowest BCUT2D eigenvalue weighted by atomic mass is 10.1. The van der Waals surface area contributed by atoms with Crippen molar-refractivity contribution in [1.29, 1.82) is 0 Å². The zero-order valence-corrected chi connectivity index (χ0v) is 16.9. The van der Waals surface area contributed by atoms with Gasteiger partial charge in [0.1, 0.15) is 11.6 Å². The molecule has 2 aliphatic rings. The molecule has 2 aliphatic heterocycles. The van der Waals surface area contributed by atoms with E-state index in [4.69, 9.17) is 0 Å². The van der Waals surface area contributed by atoms with E-state index in [-0.39, 0.29) is 17.6 Å². The summed E-state index contributed by atoms with van der Waals surface area (Å²) in [7, 11) is 2.13. The van der Waals surface area contributed by atoms with Gasteiger partial charge >= 0.3 is 0 Å². The Morgan fingerprint density at radius 2 is 1.93 bits per heavy atom. The molecule has 6 nitrogen and oxygen atoms in total. The first-order valence-corrected chi connectivity index (χ1v) is 10.3. The first kappa shape index (κ1) is 19.8. The number of piperazine rings is 1. The largest absolute Gasteiger partial charge is 0.354 e. The van der Waals surface area contributed by atoms with Gasteiger partial charge in [0.25, 0.3) is 0 Å². The second kappa shape index (κ2) is 8.88. The molecule has 4 rings (SSSR count). The minimum absolute atomic E-state index is 0.0439. The molecule has 1 aromatic heterocycles. The van der Waals surface area contributed by atoms with Gasteiger partial charge in [-0.15, -0.1) is 0 Å². The molecule has 0 bridgehead atoms. The van der Waals surface area contributed by atoms with Crippen LogP contribution < -0.4 is 15.1 Å². The second-order valence-corrected chi connectivity index (χ2v) is 7.91. The Kier molecular flexibility index (Phi) is 6.06. The maximum Gasteiger partial charge on any atom is 0.231 e. The number of pyridine rings is 1. The average molecular weight is 397 g/mol. The SMILES string of the molecule is CN1CCN(c2ccc(CN(C(=O)[C@@H]3CCNC3)c3ccc(F)cc3)cn2)CC1.